The summed E-state index contributed by atoms with van der Waals surface area (Å²) in [5.41, 5.74) is 1.45. The van der Waals surface area contributed by atoms with Crippen LogP contribution in [0.25, 0.3) is 0 Å². The maximum atomic E-state index is 14.6. The molecule has 1 aliphatic rings. The molecular weight excluding hydrogens is 427 g/mol. The van der Waals surface area contributed by atoms with Crippen molar-refractivity contribution < 1.29 is 26.7 Å². The first-order valence-corrected chi connectivity index (χ1v) is 11.4. The smallest absolute Gasteiger partial charge is 0.313 e. The number of halogens is 1. The Labute approximate surface area is 180 Å². The molecule has 0 aromatic heterocycles. The highest BCUT2D eigenvalue weighted by atomic mass is 32.2. The molecule has 168 valence electrons. The fraction of sp³-hybridized carbons (Fsp3) is 0.429. The molecule has 0 radical (unpaired) electrons. The predicted molar refractivity (Wildman–Crippen MR) is 114 cm³/mol. The molecule has 2 aromatic carbocycles. The van der Waals surface area contributed by atoms with Gasteiger partial charge in [-0.2, -0.15) is 8.42 Å². The van der Waals surface area contributed by atoms with E-state index >= 15 is 0 Å². The molecule has 0 amide bonds. The highest BCUT2D eigenvalue weighted by Gasteiger charge is 2.29. The van der Waals surface area contributed by atoms with Crippen LogP contribution >= 0.6 is 0 Å². The molecule has 0 bridgehead atoms. The minimum atomic E-state index is -3.86. The first kappa shape index (κ1) is 23.0. The Hall–Kier alpha value is -2.72. The van der Waals surface area contributed by atoms with E-state index in [1.807, 2.05) is 13.0 Å². The van der Waals surface area contributed by atoms with E-state index in [0.29, 0.717) is 31.5 Å². The SMILES string of the molecule is CCOS(=O)(=O)c1ccc(C)cc1C1CCN(c2cc(OC)c([N+](=O)[O-])cc2F)CC1. The third-order valence-corrected chi connectivity index (χ3v) is 6.88. The zero-order chi connectivity index (χ0) is 22.8. The van der Waals surface area contributed by atoms with Gasteiger partial charge in [-0.3, -0.25) is 14.3 Å². The monoisotopic (exact) mass is 452 g/mol. The summed E-state index contributed by atoms with van der Waals surface area (Å²) in [5, 5.41) is 11.1. The summed E-state index contributed by atoms with van der Waals surface area (Å²) < 4.78 is 49.7. The van der Waals surface area contributed by atoms with Crippen LogP contribution < -0.4 is 9.64 Å². The van der Waals surface area contributed by atoms with Crippen LogP contribution in [0.3, 0.4) is 0 Å². The quantitative estimate of drug-likeness (QED) is 0.353. The number of aryl methyl sites for hydroxylation is 1. The molecule has 0 spiro atoms. The summed E-state index contributed by atoms with van der Waals surface area (Å²) in [6.45, 7) is 4.50. The van der Waals surface area contributed by atoms with Crippen LogP contribution in [0.15, 0.2) is 35.2 Å². The Morgan fingerprint density at radius 2 is 1.90 bits per heavy atom. The zero-order valence-corrected chi connectivity index (χ0v) is 18.4. The molecular formula is C21H25FN2O6S. The fourth-order valence-electron chi connectivity index (χ4n) is 3.95. The van der Waals surface area contributed by atoms with Crippen LogP contribution in [0.4, 0.5) is 15.8 Å². The normalized spacial score (nSPS) is 15.2. The highest BCUT2D eigenvalue weighted by molar-refractivity contribution is 7.86. The average Bonchev–Trinajstić information content (AvgIpc) is 2.73. The second-order valence-corrected chi connectivity index (χ2v) is 8.98. The van der Waals surface area contributed by atoms with Crippen molar-refractivity contribution >= 4 is 21.5 Å². The summed E-state index contributed by atoms with van der Waals surface area (Å²) >= 11 is 0. The van der Waals surface area contributed by atoms with Gasteiger partial charge in [0.2, 0.25) is 0 Å². The molecule has 1 saturated heterocycles. The number of anilines is 1. The molecule has 1 heterocycles. The summed E-state index contributed by atoms with van der Waals surface area (Å²) in [6, 6.07) is 7.38. The lowest BCUT2D eigenvalue weighted by atomic mass is 9.88. The van der Waals surface area contributed by atoms with Crippen molar-refractivity contribution in [1.29, 1.82) is 0 Å². The van der Waals surface area contributed by atoms with Crippen molar-refractivity contribution in [3.8, 4) is 5.75 Å². The molecule has 1 aliphatic heterocycles. The number of ether oxygens (including phenoxy) is 1. The first-order chi connectivity index (χ1) is 14.7. The van der Waals surface area contributed by atoms with Crippen LogP contribution in [0.1, 0.15) is 36.8 Å². The maximum Gasteiger partial charge on any atom is 0.313 e. The molecule has 0 N–H and O–H groups in total. The van der Waals surface area contributed by atoms with E-state index in [-0.39, 0.29) is 28.9 Å². The Kier molecular flexibility index (Phi) is 6.80. The van der Waals surface area contributed by atoms with Gasteiger partial charge in [-0.05, 0) is 44.2 Å². The molecule has 31 heavy (non-hydrogen) atoms. The molecule has 2 aromatic rings. The van der Waals surface area contributed by atoms with Crippen molar-refractivity contribution in [3.05, 3.63) is 57.4 Å². The third-order valence-electron chi connectivity index (χ3n) is 5.43. The maximum absolute atomic E-state index is 14.6. The van der Waals surface area contributed by atoms with Gasteiger partial charge in [0.1, 0.15) is 0 Å². The number of rotatable bonds is 7. The molecule has 0 atom stereocenters. The Balaban J connectivity index is 1.86. The van der Waals surface area contributed by atoms with Gasteiger partial charge in [0.05, 0.1) is 35.3 Å². The van der Waals surface area contributed by atoms with Crippen molar-refractivity contribution in [1.82, 2.24) is 0 Å². The van der Waals surface area contributed by atoms with Crippen LogP contribution in [-0.2, 0) is 14.3 Å². The van der Waals surface area contributed by atoms with Crippen LogP contribution in [0.5, 0.6) is 5.75 Å². The lowest BCUT2D eigenvalue weighted by Crippen LogP contribution is -2.34. The van der Waals surface area contributed by atoms with E-state index in [1.165, 1.54) is 13.2 Å². The van der Waals surface area contributed by atoms with Crippen molar-refractivity contribution in [2.24, 2.45) is 0 Å². The molecule has 0 aliphatic carbocycles. The molecule has 8 nitrogen and oxygen atoms in total. The van der Waals surface area contributed by atoms with Crippen molar-refractivity contribution in [3.63, 3.8) is 0 Å². The van der Waals surface area contributed by atoms with Crippen LogP contribution in [-0.4, -0.2) is 40.1 Å². The summed E-state index contributed by atoms with van der Waals surface area (Å²) in [5.74, 6) is -0.738. The van der Waals surface area contributed by atoms with Gasteiger partial charge >= 0.3 is 5.69 Å². The number of nitro groups is 1. The molecule has 3 rings (SSSR count). The highest BCUT2D eigenvalue weighted by Crippen LogP contribution is 2.38. The third kappa shape index (κ3) is 4.80. The van der Waals surface area contributed by atoms with Crippen molar-refractivity contribution in [2.45, 2.75) is 37.5 Å². The molecule has 1 fully saturated rings. The van der Waals surface area contributed by atoms with Gasteiger partial charge in [0.25, 0.3) is 10.1 Å². The van der Waals surface area contributed by atoms with Crippen LogP contribution in [0, 0.1) is 22.9 Å². The summed E-state index contributed by atoms with van der Waals surface area (Å²) in [6.07, 6.45) is 1.19. The average molecular weight is 453 g/mol. The number of hydrogen-bond acceptors (Lipinski definition) is 7. The van der Waals surface area contributed by atoms with Gasteiger partial charge in [-0.1, -0.05) is 17.7 Å². The van der Waals surface area contributed by atoms with E-state index in [2.05, 4.69) is 0 Å². The minimum absolute atomic E-state index is 0.00713. The van der Waals surface area contributed by atoms with Gasteiger partial charge in [0.15, 0.2) is 11.6 Å². The number of nitro benzene ring substituents is 1. The zero-order valence-electron chi connectivity index (χ0n) is 17.6. The van der Waals surface area contributed by atoms with Gasteiger partial charge in [0, 0.05) is 19.2 Å². The van der Waals surface area contributed by atoms with E-state index in [1.54, 1.807) is 24.0 Å². The first-order valence-electron chi connectivity index (χ1n) is 9.94. The molecule has 0 unspecified atom stereocenters. The Morgan fingerprint density at radius 1 is 1.23 bits per heavy atom. The number of methoxy groups -OCH3 is 1. The van der Waals surface area contributed by atoms with Gasteiger partial charge in [-0.25, -0.2) is 4.39 Å². The second kappa shape index (κ2) is 9.19. The number of piperidine rings is 1. The predicted octanol–water partition coefficient (Wildman–Crippen LogP) is 4.16. The second-order valence-electron chi connectivity index (χ2n) is 7.40. The lowest BCUT2D eigenvalue weighted by Gasteiger charge is -2.34. The number of nitrogens with zero attached hydrogens (tertiary/aromatic N) is 2. The largest absolute Gasteiger partial charge is 0.490 e. The van der Waals surface area contributed by atoms with E-state index < -0.39 is 26.5 Å². The van der Waals surface area contributed by atoms with Gasteiger partial charge in [-0.15, -0.1) is 0 Å². The minimum Gasteiger partial charge on any atom is -0.490 e. The lowest BCUT2D eigenvalue weighted by molar-refractivity contribution is -0.385. The van der Waals surface area contributed by atoms with Gasteiger partial charge < -0.3 is 9.64 Å². The fourth-order valence-corrected chi connectivity index (χ4v) is 5.13. The standard InChI is InChI=1S/C21H25FN2O6S/c1-4-30-31(27,28)21-6-5-14(2)11-16(21)15-7-9-23(10-8-15)18-13-20(29-3)19(24(25)26)12-17(18)22/h5-6,11-13,15H,4,7-10H2,1-3H3. The van der Waals surface area contributed by atoms with E-state index in [9.17, 15) is 22.9 Å². The summed E-state index contributed by atoms with van der Waals surface area (Å²) in [7, 11) is -2.56. The Morgan fingerprint density at radius 3 is 2.48 bits per heavy atom. The molecule has 0 saturated carbocycles. The van der Waals surface area contributed by atoms with E-state index in [4.69, 9.17) is 8.92 Å². The topological polar surface area (TPSA) is 99.0 Å². The number of hydrogen-bond donors (Lipinski definition) is 0. The van der Waals surface area contributed by atoms with Crippen LogP contribution in [0.2, 0.25) is 0 Å². The Bertz CT molecular complexity index is 1080. The van der Waals surface area contributed by atoms with E-state index in [0.717, 1.165) is 11.6 Å². The molecule has 10 heteroatoms. The number of benzene rings is 2. The summed E-state index contributed by atoms with van der Waals surface area (Å²) in [4.78, 5) is 12.4. The van der Waals surface area contributed by atoms with Crippen molar-refractivity contribution in [2.75, 3.05) is 31.7 Å².